The fraction of sp³-hybridized carbons (Fsp3) is 0.818. The van der Waals surface area contributed by atoms with Crippen LogP contribution in [0.15, 0.2) is 0 Å². The van der Waals surface area contributed by atoms with E-state index in [1.165, 1.54) is 14.2 Å². The van der Waals surface area contributed by atoms with E-state index in [4.69, 9.17) is 4.74 Å². The number of carbonyl (C=O) groups excluding carboxylic acids is 2. The van der Waals surface area contributed by atoms with Gasteiger partial charge in [-0.2, -0.15) is 0 Å². The van der Waals surface area contributed by atoms with Crippen molar-refractivity contribution >= 4 is 11.9 Å². The second-order valence-corrected chi connectivity index (χ2v) is 4.13. The number of carbonyl (C=O) groups is 2. The average molecular weight is 229 g/mol. The van der Waals surface area contributed by atoms with E-state index in [0.717, 1.165) is 13.0 Å². The number of esters is 2. The molecule has 5 nitrogen and oxygen atoms in total. The highest BCUT2D eigenvalue weighted by Crippen LogP contribution is 2.20. The van der Waals surface area contributed by atoms with E-state index in [2.05, 4.69) is 9.64 Å². The molecule has 0 spiro atoms. The fourth-order valence-corrected chi connectivity index (χ4v) is 2.00. The van der Waals surface area contributed by atoms with Crippen molar-refractivity contribution < 1.29 is 19.1 Å². The molecule has 0 aromatic carbocycles. The van der Waals surface area contributed by atoms with E-state index in [9.17, 15) is 9.59 Å². The third-order valence-electron chi connectivity index (χ3n) is 3.07. The van der Waals surface area contributed by atoms with Crippen molar-refractivity contribution in [3.63, 3.8) is 0 Å². The molecule has 0 saturated carbocycles. The summed E-state index contributed by atoms with van der Waals surface area (Å²) < 4.78 is 9.33. The molecule has 0 aliphatic carbocycles. The first-order valence-electron chi connectivity index (χ1n) is 5.47. The van der Waals surface area contributed by atoms with Crippen molar-refractivity contribution in [1.82, 2.24) is 4.90 Å². The maximum Gasteiger partial charge on any atom is 0.310 e. The number of ether oxygens (including phenoxy) is 2. The molecule has 2 atom stereocenters. The highest BCUT2D eigenvalue weighted by atomic mass is 16.5. The second kappa shape index (κ2) is 5.84. The van der Waals surface area contributed by atoms with Gasteiger partial charge in [-0.25, -0.2) is 0 Å². The Hall–Kier alpha value is -1.10. The molecule has 2 unspecified atom stereocenters. The van der Waals surface area contributed by atoms with Gasteiger partial charge in [0, 0.05) is 12.6 Å². The Morgan fingerprint density at radius 2 is 2.06 bits per heavy atom. The van der Waals surface area contributed by atoms with Gasteiger partial charge in [0.15, 0.2) is 0 Å². The van der Waals surface area contributed by atoms with Gasteiger partial charge in [0.2, 0.25) is 0 Å². The zero-order valence-corrected chi connectivity index (χ0v) is 10.1. The lowest BCUT2D eigenvalue weighted by Gasteiger charge is -2.22. The number of nitrogens with zero attached hydrogens (tertiary/aromatic N) is 1. The molecule has 0 aromatic rings. The minimum Gasteiger partial charge on any atom is -0.469 e. The van der Waals surface area contributed by atoms with E-state index >= 15 is 0 Å². The first-order valence-corrected chi connectivity index (χ1v) is 5.47. The molecule has 1 aliphatic rings. The minimum atomic E-state index is -0.214. The van der Waals surface area contributed by atoms with Crippen LogP contribution in [0.2, 0.25) is 0 Å². The summed E-state index contributed by atoms with van der Waals surface area (Å²) in [5.74, 6) is -0.424. The number of rotatable bonds is 4. The van der Waals surface area contributed by atoms with E-state index in [1.54, 1.807) is 0 Å². The van der Waals surface area contributed by atoms with Crippen LogP contribution < -0.4 is 0 Å². The number of methoxy groups -OCH3 is 2. The van der Waals surface area contributed by atoms with Crippen LogP contribution in [0.1, 0.15) is 19.8 Å². The molecule has 1 fully saturated rings. The van der Waals surface area contributed by atoms with Crippen LogP contribution in [0.25, 0.3) is 0 Å². The highest BCUT2D eigenvalue weighted by Gasteiger charge is 2.31. The van der Waals surface area contributed by atoms with Gasteiger partial charge in [-0.3, -0.25) is 14.5 Å². The molecule has 1 heterocycles. The van der Waals surface area contributed by atoms with Gasteiger partial charge < -0.3 is 9.47 Å². The predicted molar refractivity (Wildman–Crippen MR) is 57.8 cm³/mol. The molecular formula is C11H19NO4. The minimum absolute atomic E-state index is 0.0508. The number of likely N-dealkylation sites (tertiary alicyclic amines) is 1. The van der Waals surface area contributed by atoms with Gasteiger partial charge in [0.1, 0.15) is 0 Å². The summed E-state index contributed by atoms with van der Waals surface area (Å²) in [4.78, 5) is 24.6. The Balaban J connectivity index is 2.40. The summed E-state index contributed by atoms with van der Waals surface area (Å²) in [6.07, 6.45) is 1.17. The fourth-order valence-electron chi connectivity index (χ4n) is 2.00. The molecule has 0 radical (unpaired) electrons. The van der Waals surface area contributed by atoms with E-state index < -0.39 is 0 Å². The lowest BCUT2D eigenvalue weighted by Crippen LogP contribution is -2.34. The zero-order chi connectivity index (χ0) is 12.1. The molecule has 0 N–H and O–H groups in total. The molecule has 1 aliphatic heterocycles. The molecule has 0 amide bonds. The summed E-state index contributed by atoms with van der Waals surface area (Å²) in [6, 6.07) is 0.113. The summed E-state index contributed by atoms with van der Waals surface area (Å²) in [5.41, 5.74) is 0. The molecule has 0 bridgehead atoms. The lowest BCUT2D eigenvalue weighted by atomic mass is 10.1. The molecule has 5 heteroatoms. The van der Waals surface area contributed by atoms with Gasteiger partial charge in [-0.15, -0.1) is 0 Å². The number of hydrogen-bond donors (Lipinski definition) is 0. The van der Waals surface area contributed by atoms with Gasteiger partial charge in [-0.1, -0.05) is 0 Å². The van der Waals surface area contributed by atoms with Crippen LogP contribution in [0.4, 0.5) is 0 Å². The van der Waals surface area contributed by atoms with Crippen LogP contribution >= 0.6 is 0 Å². The van der Waals surface area contributed by atoms with Crippen LogP contribution in [0, 0.1) is 5.92 Å². The van der Waals surface area contributed by atoms with Crippen LogP contribution in [0.3, 0.4) is 0 Å². The maximum atomic E-state index is 11.3. The lowest BCUT2D eigenvalue weighted by molar-refractivity contribution is -0.144. The monoisotopic (exact) mass is 229 g/mol. The van der Waals surface area contributed by atoms with Gasteiger partial charge >= 0.3 is 11.9 Å². The molecule has 16 heavy (non-hydrogen) atoms. The largest absolute Gasteiger partial charge is 0.469 e. The van der Waals surface area contributed by atoms with E-state index in [1.807, 2.05) is 6.92 Å². The quantitative estimate of drug-likeness (QED) is 0.654. The van der Waals surface area contributed by atoms with Crippen molar-refractivity contribution in [2.45, 2.75) is 25.8 Å². The summed E-state index contributed by atoms with van der Waals surface area (Å²) in [6.45, 7) is 3.47. The zero-order valence-electron chi connectivity index (χ0n) is 10.1. The molecule has 1 saturated heterocycles. The molecule has 92 valence electrons. The molecule has 0 aromatic heterocycles. The Morgan fingerprint density at radius 3 is 2.62 bits per heavy atom. The normalized spacial score (nSPS) is 22.8. The van der Waals surface area contributed by atoms with Crippen molar-refractivity contribution in [2.75, 3.05) is 27.3 Å². The summed E-state index contributed by atoms with van der Waals surface area (Å²) >= 11 is 0. The molecule has 1 rings (SSSR count). The first-order chi connectivity index (χ1) is 7.58. The standard InChI is InChI=1S/C11H19NO4/c1-8(6-10(13)15-2)12-5-4-9(7-12)11(14)16-3/h8-9H,4-7H2,1-3H3. The van der Waals surface area contributed by atoms with Gasteiger partial charge in [0.25, 0.3) is 0 Å². The average Bonchev–Trinajstić information content (AvgIpc) is 2.77. The van der Waals surface area contributed by atoms with Crippen molar-refractivity contribution in [2.24, 2.45) is 5.92 Å². The Kier molecular flexibility index (Phi) is 4.73. The maximum absolute atomic E-state index is 11.3. The Morgan fingerprint density at radius 1 is 1.38 bits per heavy atom. The van der Waals surface area contributed by atoms with E-state index in [0.29, 0.717) is 13.0 Å². The summed E-state index contributed by atoms with van der Waals surface area (Å²) in [5, 5.41) is 0. The first kappa shape index (κ1) is 13.0. The predicted octanol–water partition coefficient (Wildman–Crippen LogP) is 0.433. The Labute approximate surface area is 95.7 Å². The van der Waals surface area contributed by atoms with Crippen LogP contribution in [0.5, 0.6) is 0 Å². The second-order valence-electron chi connectivity index (χ2n) is 4.13. The SMILES string of the molecule is COC(=O)CC(C)N1CCC(C(=O)OC)C1. The van der Waals surface area contributed by atoms with Crippen LogP contribution in [-0.2, 0) is 19.1 Å². The topological polar surface area (TPSA) is 55.8 Å². The number of hydrogen-bond acceptors (Lipinski definition) is 5. The van der Waals surface area contributed by atoms with Crippen molar-refractivity contribution in [3.8, 4) is 0 Å². The third-order valence-corrected chi connectivity index (χ3v) is 3.07. The van der Waals surface area contributed by atoms with Crippen molar-refractivity contribution in [1.29, 1.82) is 0 Å². The summed E-state index contributed by atoms with van der Waals surface area (Å²) in [7, 11) is 2.79. The highest BCUT2D eigenvalue weighted by molar-refractivity contribution is 5.73. The third kappa shape index (κ3) is 3.20. The van der Waals surface area contributed by atoms with Crippen molar-refractivity contribution in [3.05, 3.63) is 0 Å². The van der Waals surface area contributed by atoms with Gasteiger partial charge in [-0.05, 0) is 19.9 Å². The van der Waals surface area contributed by atoms with E-state index in [-0.39, 0.29) is 23.9 Å². The smallest absolute Gasteiger partial charge is 0.310 e. The Bertz CT molecular complexity index is 267. The van der Waals surface area contributed by atoms with Gasteiger partial charge in [0.05, 0.1) is 26.6 Å². The molecular weight excluding hydrogens is 210 g/mol. The van der Waals surface area contributed by atoms with Crippen LogP contribution in [-0.4, -0.2) is 50.2 Å².